The lowest BCUT2D eigenvalue weighted by Gasteiger charge is -2.45. The van der Waals surface area contributed by atoms with E-state index in [0.717, 1.165) is 159 Å². The first-order valence-corrected chi connectivity index (χ1v) is 56.3. The first-order chi connectivity index (χ1) is 56.7. The molecule has 13 saturated heterocycles. The Kier molecular flexibility index (Phi) is 52.0. The van der Waals surface area contributed by atoms with Crippen LogP contribution in [0.3, 0.4) is 0 Å². The second-order valence-corrected chi connectivity index (χ2v) is 59.4. The van der Waals surface area contributed by atoms with Crippen molar-refractivity contribution in [2.75, 3.05) is 121 Å². The lowest BCUT2D eigenvalue weighted by molar-refractivity contribution is -0.130. The van der Waals surface area contributed by atoms with Crippen molar-refractivity contribution in [3.05, 3.63) is 11.4 Å². The van der Waals surface area contributed by atoms with E-state index in [4.69, 9.17) is 25.5 Å². The number of fused-ring (bicyclic) bond motifs is 8. The van der Waals surface area contributed by atoms with E-state index in [9.17, 15) is 45.1 Å². The van der Waals surface area contributed by atoms with Gasteiger partial charge in [0, 0.05) is 138 Å². The monoisotopic (exact) mass is 1920 g/mol. The van der Waals surface area contributed by atoms with Gasteiger partial charge in [-0.1, -0.05) is 175 Å². The lowest BCUT2D eigenvalue weighted by atomic mass is 9.70. The maximum absolute atomic E-state index is 11.9. The highest BCUT2D eigenvalue weighted by atomic mass is 32.2. The Morgan fingerprint density at radius 1 is 0.400 bits per heavy atom. The molecule has 2 N–H and O–H groups in total. The third-order valence-corrected chi connectivity index (χ3v) is 39.5. The number of rotatable bonds is 2. The Morgan fingerprint density at radius 3 is 1.23 bits per heavy atom. The topological polar surface area (TPSA) is 234 Å². The normalized spacial score (nSPS) is 32.7. The lowest BCUT2D eigenvalue weighted by Crippen LogP contribution is -2.52. The second-order valence-electron chi connectivity index (χ2n) is 49.1. The van der Waals surface area contributed by atoms with Gasteiger partial charge in [-0.3, -0.25) is 32.7 Å². The first-order valence-electron chi connectivity index (χ1n) is 48.8. The van der Waals surface area contributed by atoms with Crippen LogP contribution in [0, 0.1) is 50.9 Å². The Hall–Kier alpha value is -1.99. The molecule has 0 aromatic rings. The van der Waals surface area contributed by atoms with Crippen molar-refractivity contribution in [2.24, 2.45) is 44.3 Å². The molecule has 13 atom stereocenters. The molecule has 13 aliphatic rings. The summed E-state index contributed by atoms with van der Waals surface area (Å²) in [6.45, 7) is 81.4. The molecule has 13 rings (SSSR count). The number of carbonyl (C=O) groups excluding carboxylic acids is 2. The fourth-order valence-electron chi connectivity index (χ4n) is 20.6. The second kappa shape index (κ2) is 52.0. The number of ether oxygens (including phenoxy) is 4. The molecule has 0 spiro atoms. The number of aliphatic hydroxyl groups is 2. The van der Waals surface area contributed by atoms with Gasteiger partial charge in [0.15, 0.2) is 9.84 Å². The van der Waals surface area contributed by atoms with Gasteiger partial charge in [0.1, 0.15) is 9.84 Å². The van der Waals surface area contributed by atoms with Gasteiger partial charge >= 0.3 is 0 Å². The molecule has 2 amide bonds. The summed E-state index contributed by atoms with van der Waals surface area (Å²) in [6, 6.07) is 0. The van der Waals surface area contributed by atoms with Crippen molar-refractivity contribution < 1.29 is 64.0 Å². The fraction of sp³-hybridized carbons (Fsp3) is 0.953. The molecule has 0 saturated carbocycles. The van der Waals surface area contributed by atoms with Gasteiger partial charge in [-0.25, -0.2) is 23.4 Å². The van der Waals surface area contributed by atoms with E-state index in [2.05, 4.69) is 177 Å². The zero-order chi connectivity index (χ0) is 95.7. The highest BCUT2D eigenvalue weighted by Crippen LogP contribution is 2.51. The summed E-state index contributed by atoms with van der Waals surface area (Å²) in [5.41, 5.74) is -0.989. The number of hydrogen-bond donors (Lipinski definition) is 2. The van der Waals surface area contributed by atoms with Crippen LogP contribution >= 0.6 is 0 Å². The molecule has 13 aliphatic heterocycles. The molecule has 0 aliphatic carbocycles. The zero-order valence-corrected chi connectivity index (χ0v) is 89.4. The van der Waals surface area contributed by atoms with E-state index < -0.39 is 49.9 Å². The van der Waals surface area contributed by atoms with Crippen LogP contribution in [0.25, 0.3) is 4.85 Å². The number of amides is 2. The Balaban J connectivity index is 0. The summed E-state index contributed by atoms with van der Waals surface area (Å²) in [6.07, 6.45) is 28.3. The molecule has 776 valence electrons. The number of hydrogen-bond acceptors (Lipinski definition) is 17. The average Bonchev–Trinajstić information content (AvgIpc) is 1.57. The third-order valence-electron chi connectivity index (χ3n) is 31.1. The molecule has 24 heteroatoms. The van der Waals surface area contributed by atoms with E-state index in [0.29, 0.717) is 89.7 Å². The molecule has 0 aromatic carbocycles. The molecule has 130 heavy (non-hydrogen) atoms. The quantitative estimate of drug-likeness (QED) is 0.193. The van der Waals surface area contributed by atoms with Gasteiger partial charge in [0.2, 0.25) is 17.4 Å². The number of morpholine rings is 1. The van der Waals surface area contributed by atoms with Gasteiger partial charge in [-0.2, -0.15) is 0 Å². The first kappa shape index (κ1) is 130. The number of likely N-dealkylation sites (tertiary alicyclic amines) is 4. The maximum atomic E-state index is 11.9. The molecule has 0 radical (unpaired) electrons. The van der Waals surface area contributed by atoms with Crippen LogP contribution in [0.2, 0.25) is 0 Å². The number of methoxy groups -OCH3 is 2. The van der Waals surface area contributed by atoms with Gasteiger partial charge in [0.25, 0.3) is 0 Å². The minimum atomic E-state index is -2.92. The zero-order valence-electron chi connectivity index (χ0n) is 86.2. The van der Waals surface area contributed by atoms with Gasteiger partial charge in [-0.15, -0.1) is 0 Å². The molecule has 20 nitrogen and oxygen atoms in total. The molecule has 0 aromatic heterocycles. The molecule has 13 fully saturated rings. The van der Waals surface area contributed by atoms with Crippen LogP contribution in [-0.4, -0.2) is 278 Å². The van der Waals surface area contributed by atoms with Crippen molar-refractivity contribution in [3.8, 4) is 0 Å². The standard InChI is InChI=1S/C13H22N2O.C13H25NO2.C11H21NO.C11H20O3S.C11H22O3S.C11H22O2S.C11H22OS.C10H19NO.C10H21N.5CH4/c1-11(16)15-9-6-7-13(14-5,8-10-15)12(2,3)4;1-11(15)14-9-6-7-13(16-5,8-10-14)12(2,3)4;1-11(2,3)12-6-9-4-5-10(7-12)13-8-9;1-10(2,3)11(12)6-8-4-5-9(7-11)15(8,13)14;1-10(2,3)11(14-4)6-5-8-15(12,13)9-7-11;1-10(2,3)11(12)6-5-8-14(4,13)9-7-11;1-11(2,3)10-6-5-8-13(4,12)9-7-10;1-10(2,3)11-6-8-4-5-9(7-11)12-8;1-10(2,3)11-8-6-4-5-7-9-11;;;;;/h6-10H2,1-4H3;6-10H2,1-5H3;9-10H,4-8H2,1-3H3;8-9,12H,4-7H2,1-3H3;5-9H2,1-4H3;12H,4-9H2,1-3H3;10H,4-9H2,1-3H3;8-9H,4-7H2,1-3H3;4-9H2,1-3H3;5*1H4. The number of nitrogens with zero attached hydrogens (tertiary/aromatic N) is 6. The fourth-order valence-corrected chi connectivity index (χ4v) is 27.8. The summed E-state index contributed by atoms with van der Waals surface area (Å²) < 4.78 is 93.5. The SMILES string of the molecule is C.C.C.C.C.C=S1(=O)CCCC(C(C)(C)C)CC1.C=S1(=O)CCCC(O)(C(C)(C)C)CC1.CC(C)(C)C1(O)CC2CCC(C1)S2(=O)=O.CC(C)(C)N1CC2CCC(C1)O2.CC(C)(C)N1CC2CCC(C1)OC2.CC(C)(C)N1CCCCCC1.COC1(C(C)(C)C)CCCN(C(C)=O)CC1.COC1(C(C)(C)C)CCCS(=O)(=O)CC1.[C-]#[N+]C1(C(C)(C)C)CCCN(C(C)=O)CC1. The van der Waals surface area contributed by atoms with E-state index in [-0.39, 0.29) is 109 Å². The summed E-state index contributed by atoms with van der Waals surface area (Å²) in [5.74, 6) is 12.9. The minimum absolute atomic E-state index is 0. The molecular weight excluding hydrogens is 1710 g/mol. The Morgan fingerprint density at radius 2 is 0.815 bits per heavy atom. The predicted octanol–water partition coefficient (Wildman–Crippen LogP) is 22.3. The van der Waals surface area contributed by atoms with Crippen molar-refractivity contribution >= 4 is 62.3 Å². The van der Waals surface area contributed by atoms with Crippen molar-refractivity contribution in [3.63, 3.8) is 0 Å². The van der Waals surface area contributed by atoms with Crippen molar-refractivity contribution in [2.45, 2.75) is 485 Å². The maximum Gasteiger partial charge on any atom is 0.239 e. The number of carbonyl (C=O) groups is 2. The van der Waals surface area contributed by atoms with Gasteiger partial charge in [0.05, 0.1) is 69.3 Å². The summed E-state index contributed by atoms with van der Waals surface area (Å²) in [7, 11) is -5.89. The summed E-state index contributed by atoms with van der Waals surface area (Å²) in [5, 5.41) is 20.4. The van der Waals surface area contributed by atoms with Crippen LogP contribution in [-0.2, 0) is 67.3 Å². The highest BCUT2D eigenvalue weighted by Gasteiger charge is 2.57. The minimum Gasteiger partial charge on any atom is -0.389 e. The van der Waals surface area contributed by atoms with Crippen LogP contribution in [0.4, 0.5) is 0 Å². The van der Waals surface area contributed by atoms with Crippen molar-refractivity contribution in [1.82, 2.24) is 24.5 Å². The van der Waals surface area contributed by atoms with E-state index in [1.165, 1.54) is 77.4 Å². The van der Waals surface area contributed by atoms with E-state index in [1.54, 1.807) is 28.1 Å². The van der Waals surface area contributed by atoms with Crippen LogP contribution in [0.5, 0.6) is 0 Å². The summed E-state index contributed by atoms with van der Waals surface area (Å²) in [4.78, 5) is 38.2. The smallest absolute Gasteiger partial charge is 0.239 e. The van der Waals surface area contributed by atoms with Crippen molar-refractivity contribution in [1.29, 1.82) is 0 Å². The highest BCUT2D eigenvalue weighted by molar-refractivity contribution is 8.00. The average molecular weight is 1930 g/mol. The Labute approximate surface area is 806 Å². The summed E-state index contributed by atoms with van der Waals surface area (Å²) >= 11 is 0. The van der Waals surface area contributed by atoms with E-state index >= 15 is 0 Å². The van der Waals surface area contributed by atoms with E-state index in [1.807, 2.05) is 51.3 Å². The Bertz CT molecular complexity index is 3760. The molecular formula is C106H214N6O14S4. The van der Waals surface area contributed by atoms with Crippen LogP contribution in [0.15, 0.2) is 0 Å². The third kappa shape index (κ3) is 39.2. The number of sulfone groups is 2. The van der Waals surface area contributed by atoms with Crippen LogP contribution in [0.1, 0.15) is 411 Å². The predicted molar refractivity (Wildman–Crippen MR) is 563 cm³/mol. The molecule has 13 unspecified atom stereocenters. The van der Waals surface area contributed by atoms with Crippen LogP contribution < -0.4 is 0 Å². The molecule has 13 heterocycles. The van der Waals surface area contributed by atoms with Gasteiger partial charge < -0.3 is 43.8 Å². The van der Waals surface area contributed by atoms with Gasteiger partial charge in [-0.05, 0) is 293 Å². The largest absolute Gasteiger partial charge is 0.389 e. The molecule has 6 bridgehead atoms.